The number of alkyl halides is 3. The Morgan fingerprint density at radius 2 is 2.00 bits per heavy atom. The molecule has 0 unspecified atom stereocenters. The molecule has 2 rings (SSSR count). The van der Waals surface area contributed by atoms with Crippen LogP contribution in [0.3, 0.4) is 0 Å². The van der Waals surface area contributed by atoms with E-state index in [-0.39, 0.29) is 12.7 Å². The third-order valence-electron chi connectivity index (χ3n) is 3.18. The van der Waals surface area contributed by atoms with E-state index in [9.17, 15) is 0 Å². The van der Waals surface area contributed by atoms with Crippen molar-refractivity contribution in [3.05, 3.63) is 35.9 Å². The van der Waals surface area contributed by atoms with Crippen molar-refractivity contribution < 1.29 is 14.2 Å². The van der Waals surface area contributed by atoms with Crippen LogP contribution in [-0.2, 0) is 20.8 Å². The Morgan fingerprint density at radius 1 is 1.33 bits per heavy atom. The zero-order chi connectivity index (χ0) is 15.5. The normalized spacial score (nSPS) is 24.7. The number of benzene rings is 1. The fourth-order valence-electron chi connectivity index (χ4n) is 1.78. The minimum absolute atomic E-state index is 0.0793. The lowest BCUT2D eigenvalue weighted by Crippen LogP contribution is -2.28. The van der Waals surface area contributed by atoms with Gasteiger partial charge in [0.1, 0.15) is 18.3 Å². The van der Waals surface area contributed by atoms with Gasteiger partial charge in [0.2, 0.25) is 5.90 Å². The second kappa shape index (κ2) is 6.71. The van der Waals surface area contributed by atoms with Crippen molar-refractivity contribution in [2.45, 2.75) is 29.0 Å². The number of hydrogen-bond donors (Lipinski definition) is 1. The van der Waals surface area contributed by atoms with E-state index in [0.29, 0.717) is 13.2 Å². The molecule has 0 saturated carbocycles. The summed E-state index contributed by atoms with van der Waals surface area (Å²) < 4.78 is 14.4. The summed E-state index contributed by atoms with van der Waals surface area (Å²) in [6.07, 6.45) is -0.0793. The molecule has 0 radical (unpaired) electrons. The fraction of sp³-hybridized carbons (Fsp3) is 0.500. The molecule has 1 fully saturated rings. The van der Waals surface area contributed by atoms with E-state index in [2.05, 4.69) is 0 Å². The molecule has 1 N–H and O–H groups in total. The second-order valence-corrected chi connectivity index (χ2v) is 7.32. The topological polar surface area (TPSA) is 54.8 Å². The number of nitrogens with one attached hydrogen (secondary N) is 1. The van der Waals surface area contributed by atoms with Gasteiger partial charge < -0.3 is 14.2 Å². The van der Waals surface area contributed by atoms with E-state index in [1.165, 1.54) is 0 Å². The molecule has 21 heavy (non-hydrogen) atoms. The van der Waals surface area contributed by atoms with Gasteiger partial charge in [-0.1, -0.05) is 65.1 Å². The monoisotopic (exact) mass is 351 g/mol. The van der Waals surface area contributed by atoms with Gasteiger partial charge in [-0.05, 0) is 12.5 Å². The molecule has 0 amide bonds. The van der Waals surface area contributed by atoms with Crippen molar-refractivity contribution in [2.75, 3.05) is 13.2 Å². The first-order valence-corrected chi connectivity index (χ1v) is 7.53. The molecule has 7 heteroatoms. The van der Waals surface area contributed by atoms with Crippen molar-refractivity contribution in [1.82, 2.24) is 0 Å². The highest BCUT2D eigenvalue weighted by Crippen LogP contribution is 2.37. The lowest BCUT2D eigenvalue weighted by molar-refractivity contribution is 0.104. The van der Waals surface area contributed by atoms with Crippen LogP contribution in [-0.4, -0.2) is 34.6 Å². The maximum absolute atomic E-state index is 7.46. The third kappa shape index (κ3) is 5.01. The Morgan fingerprint density at radius 3 is 2.62 bits per heavy atom. The Balaban J connectivity index is 1.67. The molecule has 1 aliphatic heterocycles. The molecule has 0 bridgehead atoms. The summed E-state index contributed by atoms with van der Waals surface area (Å²) in [5.41, 5.74) is 0.605. The van der Waals surface area contributed by atoms with Gasteiger partial charge in [-0.25, -0.2) is 0 Å². The number of rotatable bonds is 6. The van der Waals surface area contributed by atoms with E-state index in [1.54, 1.807) is 0 Å². The van der Waals surface area contributed by atoms with Gasteiger partial charge in [0.05, 0.1) is 13.2 Å². The first kappa shape index (κ1) is 16.8. The van der Waals surface area contributed by atoms with Crippen LogP contribution in [0.4, 0.5) is 0 Å². The molecular formula is C14H16Cl3NO3. The van der Waals surface area contributed by atoms with Gasteiger partial charge in [-0.3, -0.25) is 5.41 Å². The highest BCUT2D eigenvalue weighted by Gasteiger charge is 2.53. The molecule has 1 aromatic carbocycles. The minimum Gasteiger partial charge on any atom is -0.475 e. The summed E-state index contributed by atoms with van der Waals surface area (Å²) in [5.74, 6) is -0.409. The smallest absolute Gasteiger partial charge is 0.265 e. The van der Waals surface area contributed by atoms with E-state index < -0.39 is 15.3 Å². The van der Waals surface area contributed by atoms with Crippen LogP contribution >= 0.6 is 34.8 Å². The Kier molecular flexibility index (Phi) is 5.38. The second-order valence-electron chi connectivity index (χ2n) is 5.04. The van der Waals surface area contributed by atoms with Crippen LogP contribution in [0.15, 0.2) is 30.3 Å². The van der Waals surface area contributed by atoms with E-state index in [1.807, 2.05) is 37.3 Å². The average Bonchev–Trinajstić information content (AvgIpc) is 3.07. The van der Waals surface area contributed by atoms with Crippen LogP contribution < -0.4 is 0 Å². The maximum Gasteiger partial charge on any atom is 0.265 e. The van der Waals surface area contributed by atoms with Crippen LogP contribution in [0.1, 0.15) is 12.5 Å². The zero-order valence-corrected chi connectivity index (χ0v) is 13.7. The van der Waals surface area contributed by atoms with Crippen LogP contribution in [0.5, 0.6) is 0 Å². The molecule has 1 aromatic rings. The fourth-order valence-corrected chi connectivity index (χ4v) is 1.95. The Hall–Kier alpha value is -0.520. The minimum atomic E-state index is -1.84. The Labute approximate surface area is 138 Å². The van der Waals surface area contributed by atoms with Crippen molar-refractivity contribution in [1.29, 1.82) is 5.41 Å². The molecule has 0 spiro atoms. The summed E-state index contributed by atoms with van der Waals surface area (Å²) in [5, 5.41) is 7.46. The van der Waals surface area contributed by atoms with Gasteiger partial charge in [0, 0.05) is 0 Å². The predicted octanol–water partition coefficient (Wildman–Crippen LogP) is 3.72. The Bertz CT molecular complexity index is 492. The molecular weight excluding hydrogens is 337 g/mol. The third-order valence-corrected chi connectivity index (χ3v) is 3.69. The first-order valence-electron chi connectivity index (χ1n) is 6.39. The molecule has 116 valence electrons. The van der Waals surface area contributed by atoms with E-state index >= 15 is 0 Å². The molecule has 2 atom stereocenters. The van der Waals surface area contributed by atoms with Gasteiger partial charge in [-0.2, -0.15) is 0 Å². The number of halogens is 3. The summed E-state index contributed by atoms with van der Waals surface area (Å²) in [6.45, 7) is 3.01. The van der Waals surface area contributed by atoms with Crippen LogP contribution in [0, 0.1) is 5.41 Å². The van der Waals surface area contributed by atoms with E-state index in [4.69, 9.17) is 54.4 Å². The van der Waals surface area contributed by atoms with Crippen molar-refractivity contribution in [2.24, 2.45) is 0 Å². The van der Waals surface area contributed by atoms with E-state index in [0.717, 1.165) is 5.56 Å². The summed E-state index contributed by atoms with van der Waals surface area (Å²) in [4.78, 5) is 0. The number of ether oxygens (including phenoxy) is 3. The molecule has 1 heterocycles. The SMILES string of the molecule is C[C@]1(COC(=N)C(Cl)(Cl)Cl)O[C@@H]1COCc1ccccc1. The van der Waals surface area contributed by atoms with Crippen molar-refractivity contribution in [3.63, 3.8) is 0 Å². The van der Waals surface area contributed by atoms with Gasteiger partial charge in [-0.15, -0.1) is 0 Å². The van der Waals surface area contributed by atoms with Gasteiger partial charge >= 0.3 is 0 Å². The number of hydrogen-bond acceptors (Lipinski definition) is 4. The lowest BCUT2D eigenvalue weighted by Gasteiger charge is -2.15. The van der Waals surface area contributed by atoms with Crippen LogP contribution in [0.25, 0.3) is 0 Å². The highest BCUT2D eigenvalue weighted by atomic mass is 35.6. The number of epoxide rings is 1. The standard InChI is InChI=1S/C14H16Cl3NO3/c1-13(9-20-12(18)14(15,16)17)11(21-13)8-19-7-10-5-3-2-4-6-10/h2-6,11,18H,7-9H2,1H3/t11-,13-/m1/s1. The van der Waals surface area contributed by atoms with Gasteiger partial charge in [0.25, 0.3) is 3.79 Å². The zero-order valence-electron chi connectivity index (χ0n) is 11.4. The lowest BCUT2D eigenvalue weighted by atomic mass is 10.1. The summed E-state index contributed by atoms with van der Waals surface area (Å²) in [6, 6.07) is 9.89. The molecule has 4 nitrogen and oxygen atoms in total. The van der Waals surface area contributed by atoms with Crippen molar-refractivity contribution in [3.8, 4) is 0 Å². The quantitative estimate of drug-likeness (QED) is 0.367. The predicted molar refractivity (Wildman–Crippen MR) is 83.3 cm³/mol. The molecule has 0 aliphatic carbocycles. The largest absolute Gasteiger partial charge is 0.475 e. The summed E-state index contributed by atoms with van der Waals surface area (Å²) in [7, 11) is 0. The molecule has 1 saturated heterocycles. The maximum atomic E-state index is 7.46. The first-order chi connectivity index (χ1) is 9.81. The average molecular weight is 353 g/mol. The highest BCUT2D eigenvalue weighted by molar-refractivity contribution is 6.76. The molecule has 1 aliphatic rings. The summed E-state index contributed by atoms with van der Waals surface area (Å²) >= 11 is 16.6. The molecule has 0 aromatic heterocycles. The van der Waals surface area contributed by atoms with Crippen molar-refractivity contribution >= 4 is 40.7 Å². The van der Waals surface area contributed by atoms with Gasteiger partial charge in [0.15, 0.2) is 0 Å². The van der Waals surface area contributed by atoms with Crippen LogP contribution in [0.2, 0.25) is 0 Å².